The Hall–Kier alpha value is -1.17. The lowest BCUT2D eigenvalue weighted by atomic mass is 10.3. The number of ether oxygens (including phenoxy) is 1. The molecule has 0 bridgehead atoms. The molecule has 2 rings (SSSR count). The van der Waals surface area contributed by atoms with Crippen molar-refractivity contribution in [2.45, 2.75) is 6.42 Å². The average Bonchev–Trinajstić information content (AvgIpc) is 2.82. The molecular weight excluding hydrogens is 236 g/mol. The fourth-order valence-corrected chi connectivity index (χ4v) is 2.37. The average molecular weight is 252 g/mol. The molecule has 0 aliphatic heterocycles. The summed E-state index contributed by atoms with van der Waals surface area (Å²) in [6.07, 6.45) is 2.73. The molecular formula is C12H16N2O2S. The zero-order valence-corrected chi connectivity index (χ0v) is 10.4. The van der Waals surface area contributed by atoms with Crippen LogP contribution in [0.25, 0.3) is 10.1 Å². The van der Waals surface area contributed by atoms with E-state index in [-0.39, 0.29) is 6.61 Å². The second-order valence-electron chi connectivity index (χ2n) is 3.61. The van der Waals surface area contributed by atoms with Crippen molar-refractivity contribution in [1.29, 1.82) is 0 Å². The molecule has 0 radical (unpaired) electrons. The van der Waals surface area contributed by atoms with E-state index in [0.717, 1.165) is 18.8 Å². The Bertz CT molecular complexity index is 458. The van der Waals surface area contributed by atoms with Crippen LogP contribution in [0.1, 0.15) is 6.42 Å². The molecule has 2 heterocycles. The summed E-state index contributed by atoms with van der Waals surface area (Å²) in [6, 6.07) is 4.10. The van der Waals surface area contributed by atoms with Crippen LogP contribution in [-0.4, -0.2) is 36.5 Å². The maximum absolute atomic E-state index is 8.55. The minimum atomic E-state index is 0.0865. The number of rotatable bonds is 7. The van der Waals surface area contributed by atoms with Gasteiger partial charge in [-0.1, -0.05) is 0 Å². The van der Waals surface area contributed by atoms with Gasteiger partial charge in [-0.15, -0.1) is 11.3 Å². The van der Waals surface area contributed by atoms with Crippen LogP contribution in [0.2, 0.25) is 0 Å². The Morgan fingerprint density at radius 3 is 3.18 bits per heavy atom. The van der Waals surface area contributed by atoms with Crippen molar-refractivity contribution in [3.63, 3.8) is 0 Å². The van der Waals surface area contributed by atoms with E-state index in [1.54, 1.807) is 11.3 Å². The van der Waals surface area contributed by atoms with E-state index in [2.05, 4.69) is 21.7 Å². The molecule has 0 aromatic carbocycles. The third-order valence-electron chi connectivity index (χ3n) is 2.37. The highest BCUT2D eigenvalue weighted by molar-refractivity contribution is 7.17. The third-order valence-corrected chi connectivity index (χ3v) is 3.26. The SMILES string of the molecule is OCCOCCCNc1nccc2sccc12. The summed E-state index contributed by atoms with van der Waals surface area (Å²) in [5.74, 6) is 0.936. The summed E-state index contributed by atoms with van der Waals surface area (Å²) in [5, 5.41) is 15.1. The number of thiophene rings is 1. The van der Waals surface area contributed by atoms with Crippen LogP contribution in [-0.2, 0) is 4.74 Å². The van der Waals surface area contributed by atoms with Crippen LogP contribution in [0.3, 0.4) is 0 Å². The summed E-state index contributed by atoms with van der Waals surface area (Å²) in [5.41, 5.74) is 0. The third kappa shape index (κ3) is 3.39. The largest absolute Gasteiger partial charge is 0.394 e. The molecule has 0 spiro atoms. The van der Waals surface area contributed by atoms with Gasteiger partial charge < -0.3 is 15.2 Å². The molecule has 0 fully saturated rings. The van der Waals surface area contributed by atoms with E-state index in [1.165, 1.54) is 10.1 Å². The van der Waals surface area contributed by atoms with Gasteiger partial charge in [0, 0.05) is 29.4 Å². The Balaban J connectivity index is 1.80. The van der Waals surface area contributed by atoms with Crippen LogP contribution in [0.15, 0.2) is 23.7 Å². The van der Waals surface area contributed by atoms with E-state index >= 15 is 0 Å². The Labute approximate surface area is 104 Å². The van der Waals surface area contributed by atoms with Crippen molar-refractivity contribution >= 4 is 27.2 Å². The van der Waals surface area contributed by atoms with E-state index in [4.69, 9.17) is 9.84 Å². The Morgan fingerprint density at radius 2 is 2.29 bits per heavy atom. The van der Waals surface area contributed by atoms with Crippen LogP contribution >= 0.6 is 11.3 Å². The van der Waals surface area contributed by atoms with E-state index in [9.17, 15) is 0 Å². The molecule has 0 atom stereocenters. The number of hydrogen-bond acceptors (Lipinski definition) is 5. The lowest BCUT2D eigenvalue weighted by Crippen LogP contribution is -2.08. The smallest absolute Gasteiger partial charge is 0.134 e. The number of hydrogen-bond donors (Lipinski definition) is 2. The molecule has 0 unspecified atom stereocenters. The number of aromatic nitrogens is 1. The fraction of sp³-hybridized carbons (Fsp3) is 0.417. The summed E-state index contributed by atoms with van der Waals surface area (Å²) >= 11 is 1.72. The van der Waals surface area contributed by atoms with Gasteiger partial charge in [0.05, 0.1) is 13.2 Å². The molecule has 2 aromatic rings. The lowest BCUT2D eigenvalue weighted by Gasteiger charge is -2.06. The maximum Gasteiger partial charge on any atom is 0.134 e. The van der Waals surface area contributed by atoms with Crippen LogP contribution in [0.5, 0.6) is 0 Å². The first-order chi connectivity index (χ1) is 8.42. The zero-order chi connectivity index (χ0) is 11.9. The van der Waals surface area contributed by atoms with E-state index < -0.39 is 0 Å². The molecule has 0 amide bonds. The van der Waals surface area contributed by atoms with Crippen LogP contribution < -0.4 is 5.32 Å². The van der Waals surface area contributed by atoms with Crippen molar-refractivity contribution in [3.8, 4) is 0 Å². The summed E-state index contributed by atoms with van der Waals surface area (Å²) in [4.78, 5) is 4.33. The predicted octanol–water partition coefficient (Wildman–Crippen LogP) is 2.11. The summed E-state index contributed by atoms with van der Waals surface area (Å²) in [6.45, 7) is 1.99. The molecule has 0 saturated carbocycles. The Kier molecular flexibility index (Phi) is 4.73. The first-order valence-electron chi connectivity index (χ1n) is 5.66. The number of aliphatic hydroxyl groups excluding tert-OH is 1. The van der Waals surface area contributed by atoms with Gasteiger partial charge in [-0.05, 0) is 23.9 Å². The standard InChI is InChI=1S/C12H16N2O2S/c15-6-8-16-7-1-4-13-12-10-3-9-17-11(10)2-5-14-12/h2-3,5,9,15H,1,4,6-8H2,(H,13,14). The first kappa shape index (κ1) is 12.3. The minimum Gasteiger partial charge on any atom is -0.394 e. The number of pyridine rings is 1. The first-order valence-corrected chi connectivity index (χ1v) is 6.54. The van der Waals surface area contributed by atoms with Gasteiger partial charge in [-0.2, -0.15) is 0 Å². The number of aliphatic hydroxyl groups is 1. The second kappa shape index (κ2) is 6.54. The van der Waals surface area contributed by atoms with Crippen molar-refractivity contribution in [3.05, 3.63) is 23.7 Å². The molecule has 17 heavy (non-hydrogen) atoms. The molecule has 4 nitrogen and oxygen atoms in total. The van der Waals surface area contributed by atoms with Gasteiger partial charge in [0.25, 0.3) is 0 Å². The van der Waals surface area contributed by atoms with Crippen molar-refractivity contribution in [1.82, 2.24) is 4.98 Å². The summed E-state index contributed by atoms with van der Waals surface area (Å²) < 4.78 is 6.43. The number of fused-ring (bicyclic) bond motifs is 1. The van der Waals surface area contributed by atoms with Gasteiger partial charge in [-0.3, -0.25) is 0 Å². The van der Waals surface area contributed by atoms with Crippen molar-refractivity contribution in [2.24, 2.45) is 0 Å². The van der Waals surface area contributed by atoms with Gasteiger partial charge in [-0.25, -0.2) is 4.98 Å². The highest BCUT2D eigenvalue weighted by Crippen LogP contribution is 2.25. The number of nitrogens with zero attached hydrogens (tertiary/aromatic N) is 1. The quantitative estimate of drug-likeness (QED) is 0.741. The zero-order valence-electron chi connectivity index (χ0n) is 9.56. The molecule has 0 aliphatic carbocycles. The highest BCUT2D eigenvalue weighted by Gasteiger charge is 2.01. The molecule has 92 valence electrons. The van der Waals surface area contributed by atoms with Gasteiger partial charge in [0.15, 0.2) is 0 Å². The van der Waals surface area contributed by atoms with Gasteiger partial charge >= 0.3 is 0 Å². The summed E-state index contributed by atoms with van der Waals surface area (Å²) in [7, 11) is 0. The molecule has 0 aliphatic rings. The maximum atomic E-state index is 8.55. The Morgan fingerprint density at radius 1 is 1.35 bits per heavy atom. The van der Waals surface area contributed by atoms with E-state index in [1.807, 2.05) is 12.3 Å². The predicted molar refractivity (Wildman–Crippen MR) is 70.6 cm³/mol. The van der Waals surface area contributed by atoms with Crippen LogP contribution in [0, 0.1) is 0 Å². The monoisotopic (exact) mass is 252 g/mol. The van der Waals surface area contributed by atoms with E-state index in [0.29, 0.717) is 13.2 Å². The topological polar surface area (TPSA) is 54.4 Å². The molecule has 0 saturated heterocycles. The lowest BCUT2D eigenvalue weighted by molar-refractivity contribution is 0.0922. The molecule has 2 aromatic heterocycles. The van der Waals surface area contributed by atoms with Crippen LogP contribution in [0.4, 0.5) is 5.82 Å². The molecule has 2 N–H and O–H groups in total. The van der Waals surface area contributed by atoms with Gasteiger partial charge in [0.1, 0.15) is 5.82 Å². The van der Waals surface area contributed by atoms with Crippen molar-refractivity contribution < 1.29 is 9.84 Å². The van der Waals surface area contributed by atoms with Crippen molar-refractivity contribution in [2.75, 3.05) is 31.7 Å². The number of nitrogens with one attached hydrogen (secondary N) is 1. The minimum absolute atomic E-state index is 0.0865. The highest BCUT2D eigenvalue weighted by atomic mass is 32.1. The normalized spacial score (nSPS) is 10.9. The van der Waals surface area contributed by atoms with Gasteiger partial charge in [0.2, 0.25) is 0 Å². The molecule has 5 heteroatoms. The fourth-order valence-electron chi connectivity index (χ4n) is 1.58. The number of anilines is 1. The second-order valence-corrected chi connectivity index (χ2v) is 4.56.